The number of hydrogen-bond acceptors (Lipinski definition) is 4. The van der Waals surface area contributed by atoms with Gasteiger partial charge >= 0.3 is 0 Å². The van der Waals surface area contributed by atoms with Crippen molar-refractivity contribution in [2.75, 3.05) is 6.61 Å². The molecule has 0 aliphatic carbocycles. The molecule has 0 aromatic carbocycles. The summed E-state index contributed by atoms with van der Waals surface area (Å²) in [6, 6.07) is -0.393. The number of carbonyl (C=O) groups is 2. The Labute approximate surface area is 76.1 Å². The second kappa shape index (κ2) is 4.04. The van der Waals surface area contributed by atoms with Crippen molar-refractivity contribution in [1.82, 2.24) is 10.8 Å². The molecule has 1 amide bonds. The summed E-state index contributed by atoms with van der Waals surface area (Å²) >= 11 is 0. The van der Waals surface area contributed by atoms with Crippen molar-refractivity contribution in [1.29, 1.82) is 0 Å². The molecule has 72 valence electrons. The summed E-state index contributed by atoms with van der Waals surface area (Å²) in [7, 11) is 0. The number of allylic oxidation sites excluding steroid dienone is 2. The maximum absolute atomic E-state index is 11.0. The SMILES string of the molecule is CC(=O)/C=C(/C)N[C@@H]1CONC1=O. The maximum Gasteiger partial charge on any atom is 0.268 e. The number of hydroxylamine groups is 1. The molecule has 0 saturated carbocycles. The predicted molar refractivity (Wildman–Crippen MR) is 45.5 cm³/mol. The van der Waals surface area contributed by atoms with Crippen LogP contribution in [-0.2, 0) is 14.4 Å². The maximum atomic E-state index is 11.0. The lowest BCUT2D eigenvalue weighted by Crippen LogP contribution is -2.36. The van der Waals surface area contributed by atoms with Crippen molar-refractivity contribution in [2.24, 2.45) is 0 Å². The van der Waals surface area contributed by atoms with E-state index in [9.17, 15) is 9.59 Å². The number of rotatable bonds is 3. The monoisotopic (exact) mass is 184 g/mol. The van der Waals surface area contributed by atoms with Gasteiger partial charge in [0.25, 0.3) is 5.91 Å². The van der Waals surface area contributed by atoms with Gasteiger partial charge in [-0.3, -0.25) is 14.4 Å². The third-order valence-corrected chi connectivity index (χ3v) is 1.56. The fourth-order valence-electron chi connectivity index (χ4n) is 1.07. The van der Waals surface area contributed by atoms with Gasteiger partial charge in [0.1, 0.15) is 12.6 Å². The number of carbonyl (C=O) groups excluding carboxylic acids is 2. The van der Waals surface area contributed by atoms with Crippen LogP contribution in [0.1, 0.15) is 13.8 Å². The Morgan fingerprint density at radius 3 is 2.85 bits per heavy atom. The van der Waals surface area contributed by atoms with Crippen molar-refractivity contribution < 1.29 is 14.4 Å². The van der Waals surface area contributed by atoms with Crippen LogP contribution < -0.4 is 10.8 Å². The normalized spacial score (nSPS) is 22.8. The molecule has 1 aliphatic rings. The molecule has 1 aliphatic heterocycles. The second-order valence-electron chi connectivity index (χ2n) is 2.91. The molecule has 0 aromatic heterocycles. The molecule has 0 spiro atoms. The molecule has 0 aromatic rings. The zero-order valence-corrected chi connectivity index (χ0v) is 7.59. The third kappa shape index (κ3) is 2.87. The summed E-state index contributed by atoms with van der Waals surface area (Å²) in [5, 5.41) is 2.86. The summed E-state index contributed by atoms with van der Waals surface area (Å²) in [5.41, 5.74) is 2.88. The summed E-state index contributed by atoms with van der Waals surface area (Å²) in [5.74, 6) is -0.263. The van der Waals surface area contributed by atoms with Gasteiger partial charge in [0.2, 0.25) is 0 Å². The van der Waals surface area contributed by atoms with E-state index in [0.29, 0.717) is 5.70 Å². The quantitative estimate of drug-likeness (QED) is 0.580. The van der Waals surface area contributed by atoms with E-state index in [1.807, 2.05) is 0 Å². The van der Waals surface area contributed by atoms with Gasteiger partial charge in [-0.15, -0.1) is 0 Å². The lowest BCUT2D eigenvalue weighted by molar-refractivity contribution is -0.125. The van der Waals surface area contributed by atoms with E-state index < -0.39 is 6.04 Å². The highest BCUT2D eigenvalue weighted by Gasteiger charge is 2.24. The van der Waals surface area contributed by atoms with Gasteiger partial charge in [0.15, 0.2) is 5.78 Å². The predicted octanol–water partition coefficient (Wildman–Crippen LogP) is -0.501. The van der Waals surface area contributed by atoms with Gasteiger partial charge in [-0.2, -0.15) is 0 Å². The van der Waals surface area contributed by atoms with Crippen molar-refractivity contribution >= 4 is 11.7 Å². The number of amides is 1. The minimum atomic E-state index is -0.393. The van der Waals surface area contributed by atoms with E-state index in [1.54, 1.807) is 6.92 Å². The average Bonchev–Trinajstić information content (AvgIpc) is 2.34. The minimum Gasteiger partial charge on any atom is -0.375 e. The van der Waals surface area contributed by atoms with Crippen LogP contribution in [0.25, 0.3) is 0 Å². The summed E-state index contributed by atoms with van der Waals surface area (Å²) in [6.07, 6.45) is 1.44. The lowest BCUT2D eigenvalue weighted by Gasteiger charge is -2.08. The van der Waals surface area contributed by atoms with Crippen LogP contribution in [0.5, 0.6) is 0 Å². The molecule has 5 nitrogen and oxygen atoms in total. The van der Waals surface area contributed by atoms with Crippen LogP contribution in [0.4, 0.5) is 0 Å². The van der Waals surface area contributed by atoms with Crippen molar-refractivity contribution in [3.63, 3.8) is 0 Å². The summed E-state index contributed by atoms with van der Waals surface area (Å²) < 4.78 is 0. The van der Waals surface area contributed by atoms with Crippen LogP contribution >= 0.6 is 0 Å². The standard InChI is InChI=1S/C8H12N2O3/c1-5(3-6(2)11)9-7-4-13-10-8(7)12/h3,7,9H,4H2,1-2H3,(H,10,12)/b5-3-/t7-/m1/s1. The molecule has 1 atom stereocenters. The molecule has 0 unspecified atom stereocenters. The fraction of sp³-hybridized carbons (Fsp3) is 0.500. The first-order valence-corrected chi connectivity index (χ1v) is 3.96. The molecule has 1 rings (SSSR count). The average molecular weight is 184 g/mol. The lowest BCUT2D eigenvalue weighted by atomic mass is 10.2. The molecular formula is C8H12N2O3. The molecule has 2 N–H and O–H groups in total. The molecular weight excluding hydrogens is 172 g/mol. The van der Waals surface area contributed by atoms with E-state index in [-0.39, 0.29) is 18.3 Å². The Bertz CT molecular complexity index is 260. The molecule has 0 radical (unpaired) electrons. The molecule has 5 heteroatoms. The minimum absolute atomic E-state index is 0.0516. The fourth-order valence-corrected chi connectivity index (χ4v) is 1.07. The summed E-state index contributed by atoms with van der Waals surface area (Å²) in [4.78, 5) is 26.3. The highest BCUT2D eigenvalue weighted by molar-refractivity contribution is 5.88. The molecule has 1 fully saturated rings. The Morgan fingerprint density at radius 1 is 1.69 bits per heavy atom. The van der Waals surface area contributed by atoms with Gasteiger partial charge in [-0.1, -0.05) is 0 Å². The Hall–Kier alpha value is -1.36. The number of hydrogen-bond donors (Lipinski definition) is 2. The van der Waals surface area contributed by atoms with Gasteiger partial charge in [-0.25, -0.2) is 5.48 Å². The van der Waals surface area contributed by atoms with Gasteiger partial charge < -0.3 is 5.32 Å². The van der Waals surface area contributed by atoms with Crippen molar-refractivity contribution in [3.05, 3.63) is 11.8 Å². The summed E-state index contributed by atoms with van der Waals surface area (Å²) in [6.45, 7) is 3.46. The molecule has 0 bridgehead atoms. The van der Waals surface area contributed by atoms with Gasteiger partial charge in [0, 0.05) is 5.70 Å². The smallest absolute Gasteiger partial charge is 0.268 e. The molecule has 13 heavy (non-hydrogen) atoms. The van der Waals surface area contributed by atoms with Crippen LogP contribution in [0.15, 0.2) is 11.8 Å². The van der Waals surface area contributed by atoms with E-state index >= 15 is 0 Å². The highest BCUT2D eigenvalue weighted by atomic mass is 16.7. The first kappa shape index (κ1) is 9.73. The van der Waals surface area contributed by atoms with Crippen molar-refractivity contribution in [3.8, 4) is 0 Å². The van der Waals surface area contributed by atoms with Gasteiger partial charge in [-0.05, 0) is 19.9 Å². The number of ketones is 1. The van der Waals surface area contributed by atoms with Gasteiger partial charge in [0.05, 0.1) is 0 Å². The second-order valence-corrected chi connectivity index (χ2v) is 2.91. The Balaban J connectivity index is 2.48. The first-order valence-electron chi connectivity index (χ1n) is 3.96. The van der Waals surface area contributed by atoms with Crippen LogP contribution in [0, 0.1) is 0 Å². The zero-order chi connectivity index (χ0) is 9.84. The number of nitrogens with one attached hydrogen (secondary N) is 2. The van der Waals surface area contributed by atoms with E-state index in [4.69, 9.17) is 4.84 Å². The first-order chi connectivity index (χ1) is 6.09. The third-order valence-electron chi connectivity index (χ3n) is 1.56. The van der Waals surface area contributed by atoms with Crippen molar-refractivity contribution in [2.45, 2.75) is 19.9 Å². The highest BCUT2D eigenvalue weighted by Crippen LogP contribution is 1.98. The van der Waals surface area contributed by atoms with E-state index in [1.165, 1.54) is 13.0 Å². The largest absolute Gasteiger partial charge is 0.375 e. The zero-order valence-electron chi connectivity index (χ0n) is 7.59. The molecule has 1 heterocycles. The van der Waals surface area contributed by atoms with E-state index in [2.05, 4.69) is 10.8 Å². The van der Waals surface area contributed by atoms with Crippen LogP contribution in [0.3, 0.4) is 0 Å². The van der Waals surface area contributed by atoms with Crippen LogP contribution in [-0.4, -0.2) is 24.3 Å². The topological polar surface area (TPSA) is 67.4 Å². The van der Waals surface area contributed by atoms with E-state index in [0.717, 1.165) is 0 Å². The molecule has 1 saturated heterocycles. The Kier molecular flexibility index (Phi) is 3.02. The Morgan fingerprint density at radius 2 is 2.38 bits per heavy atom. The van der Waals surface area contributed by atoms with Crippen LogP contribution in [0.2, 0.25) is 0 Å².